The summed E-state index contributed by atoms with van der Waals surface area (Å²) in [5.41, 5.74) is 3.00. The Morgan fingerprint density at radius 2 is 1.55 bits per heavy atom. The van der Waals surface area contributed by atoms with Crippen molar-refractivity contribution in [2.45, 2.75) is 31.1 Å². The summed E-state index contributed by atoms with van der Waals surface area (Å²) in [7, 11) is -3.36. The lowest BCUT2D eigenvalue weighted by atomic mass is 10.1. The first-order valence-electron chi connectivity index (χ1n) is 14.3. The molecule has 0 radical (unpaired) electrons. The van der Waals surface area contributed by atoms with Crippen LogP contribution in [0, 0.1) is 6.92 Å². The van der Waals surface area contributed by atoms with Crippen LogP contribution in [0.1, 0.15) is 45.5 Å². The number of nitrogens with one attached hydrogen (secondary N) is 3. The van der Waals surface area contributed by atoms with Crippen molar-refractivity contribution in [3.63, 3.8) is 0 Å². The molecule has 4 aromatic rings. The Kier molecular flexibility index (Phi) is 9.89. The lowest BCUT2D eigenvalue weighted by Gasteiger charge is -2.14. The predicted octanol–water partition coefficient (Wildman–Crippen LogP) is 5.95. The third-order valence-electron chi connectivity index (χ3n) is 7.21. The zero-order chi connectivity index (χ0) is 31.1. The lowest BCUT2D eigenvalue weighted by molar-refractivity contribution is 0.101. The number of hydrogen-bond donors (Lipinski definition) is 3. The van der Waals surface area contributed by atoms with Crippen molar-refractivity contribution in [3.8, 4) is 0 Å². The van der Waals surface area contributed by atoms with E-state index in [0.29, 0.717) is 29.0 Å². The van der Waals surface area contributed by atoms with Gasteiger partial charge in [-0.25, -0.2) is 18.4 Å². The van der Waals surface area contributed by atoms with Crippen LogP contribution in [0.4, 0.5) is 23.0 Å². The van der Waals surface area contributed by atoms with Gasteiger partial charge in [-0.3, -0.25) is 9.59 Å². The van der Waals surface area contributed by atoms with Gasteiger partial charge in [0.1, 0.15) is 0 Å². The summed E-state index contributed by atoms with van der Waals surface area (Å²) in [4.78, 5) is 36.7. The number of halogens is 1. The maximum atomic E-state index is 13.0. The summed E-state index contributed by atoms with van der Waals surface area (Å²) in [6.07, 6.45) is 5.85. The van der Waals surface area contributed by atoms with E-state index in [1.54, 1.807) is 48.5 Å². The molecule has 44 heavy (non-hydrogen) atoms. The van der Waals surface area contributed by atoms with E-state index in [0.717, 1.165) is 25.2 Å². The molecule has 5 rings (SSSR count). The third kappa shape index (κ3) is 8.19. The van der Waals surface area contributed by atoms with Crippen molar-refractivity contribution in [2.24, 2.45) is 0 Å². The number of sulfone groups is 1. The molecule has 3 aromatic carbocycles. The molecule has 1 aliphatic heterocycles. The lowest BCUT2D eigenvalue weighted by Crippen LogP contribution is -2.22. The number of hydrogen-bond acceptors (Lipinski definition) is 8. The van der Waals surface area contributed by atoms with Crippen LogP contribution in [0.15, 0.2) is 84.0 Å². The second-order valence-electron chi connectivity index (χ2n) is 10.6. The number of amides is 2. The number of carbonyl (C=O) groups is 2. The summed E-state index contributed by atoms with van der Waals surface area (Å²) < 4.78 is 25.5. The molecule has 3 N–H and O–H groups in total. The Morgan fingerprint density at radius 1 is 0.864 bits per heavy atom. The summed E-state index contributed by atoms with van der Waals surface area (Å²) >= 11 is 6.28. The fourth-order valence-corrected chi connectivity index (χ4v) is 6.40. The van der Waals surface area contributed by atoms with Gasteiger partial charge in [0.05, 0.1) is 39.3 Å². The Bertz CT molecular complexity index is 1740. The predicted molar refractivity (Wildman–Crippen MR) is 173 cm³/mol. The Labute approximate surface area is 261 Å². The fourth-order valence-electron chi connectivity index (χ4n) is 4.90. The maximum Gasteiger partial charge on any atom is 0.257 e. The van der Waals surface area contributed by atoms with Crippen LogP contribution in [0.2, 0.25) is 5.02 Å². The van der Waals surface area contributed by atoms with E-state index < -0.39 is 15.7 Å². The van der Waals surface area contributed by atoms with Gasteiger partial charge in [-0.2, -0.15) is 0 Å². The zero-order valence-electron chi connectivity index (χ0n) is 24.2. The van der Waals surface area contributed by atoms with Crippen molar-refractivity contribution in [2.75, 3.05) is 41.3 Å². The topological polar surface area (TPSA) is 133 Å². The summed E-state index contributed by atoms with van der Waals surface area (Å²) in [6, 6.07) is 18.3. The van der Waals surface area contributed by atoms with Gasteiger partial charge in [0.2, 0.25) is 5.95 Å². The number of anilines is 4. The highest BCUT2D eigenvalue weighted by atomic mass is 35.5. The molecule has 1 fully saturated rings. The average molecular weight is 633 g/mol. The number of aryl methyl sites for hydroxylation is 1. The van der Waals surface area contributed by atoms with Gasteiger partial charge in [-0.1, -0.05) is 29.3 Å². The van der Waals surface area contributed by atoms with Crippen LogP contribution in [0.5, 0.6) is 0 Å². The standard InChI is InChI=1S/C32H33ClN6O4S/c1-22-6-4-7-23(18-22)30(40)36-25-10-13-29(33)28(19-25)31(41)37-26-20-34-32(35-21-26)38-24-8-11-27(12-9-24)44(42,43)17-5-16-39-14-2-3-15-39/h4,6-13,18-21H,2-3,5,14-17H2,1H3,(H,36,40)(H,37,41)(H,34,35,38). The highest BCUT2D eigenvalue weighted by Crippen LogP contribution is 2.23. The summed E-state index contributed by atoms with van der Waals surface area (Å²) in [5.74, 6) is -0.418. The molecule has 0 atom stereocenters. The number of nitrogens with zero attached hydrogens (tertiary/aromatic N) is 3. The third-order valence-corrected chi connectivity index (χ3v) is 9.36. The molecule has 12 heteroatoms. The average Bonchev–Trinajstić information content (AvgIpc) is 3.53. The SMILES string of the molecule is Cc1cccc(C(=O)Nc2ccc(Cl)c(C(=O)Nc3cnc(Nc4ccc(S(=O)(=O)CCCN5CCCC5)cc4)nc3)c2)c1. The Hall–Kier alpha value is -4.32. The van der Waals surface area contributed by atoms with E-state index in [9.17, 15) is 18.0 Å². The van der Waals surface area contributed by atoms with Crippen LogP contribution >= 0.6 is 11.6 Å². The second kappa shape index (κ2) is 14.0. The van der Waals surface area contributed by atoms with Gasteiger partial charge in [0.15, 0.2) is 9.84 Å². The zero-order valence-corrected chi connectivity index (χ0v) is 25.8. The van der Waals surface area contributed by atoms with Gasteiger partial charge >= 0.3 is 0 Å². The van der Waals surface area contributed by atoms with Crippen molar-refractivity contribution in [1.29, 1.82) is 0 Å². The molecular formula is C32H33ClN6O4S. The van der Waals surface area contributed by atoms with Gasteiger partial charge in [0, 0.05) is 16.9 Å². The monoisotopic (exact) mass is 632 g/mol. The Morgan fingerprint density at radius 3 is 2.25 bits per heavy atom. The molecule has 2 amide bonds. The minimum absolute atomic E-state index is 0.115. The molecule has 0 bridgehead atoms. The van der Waals surface area contributed by atoms with E-state index in [1.807, 2.05) is 13.0 Å². The minimum Gasteiger partial charge on any atom is -0.324 e. The molecule has 10 nitrogen and oxygen atoms in total. The van der Waals surface area contributed by atoms with E-state index in [4.69, 9.17) is 11.6 Å². The molecule has 1 saturated heterocycles. The van der Waals surface area contributed by atoms with Crippen LogP contribution < -0.4 is 16.0 Å². The van der Waals surface area contributed by atoms with Crippen LogP contribution in [0.3, 0.4) is 0 Å². The van der Waals surface area contributed by atoms with Crippen molar-refractivity contribution in [1.82, 2.24) is 14.9 Å². The first kappa shape index (κ1) is 31.1. The molecule has 1 aromatic heterocycles. The number of rotatable bonds is 11. The quantitative estimate of drug-likeness (QED) is 0.185. The van der Waals surface area contributed by atoms with Gasteiger partial charge < -0.3 is 20.9 Å². The largest absolute Gasteiger partial charge is 0.324 e. The molecule has 2 heterocycles. The van der Waals surface area contributed by atoms with E-state index >= 15 is 0 Å². The van der Waals surface area contributed by atoms with Crippen LogP contribution in [0.25, 0.3) is 0 Å². The maximum absolute atomic E-state index is 13.0. The van der Waals surface area contributed by atoms with Crippen LogP contribution in [-0.4, -0.2) is 60.5 Å². The van der Waals surface area contributed by atoms with E-state index in [2.05, 4.69) is 30.8 Å². The molecule has 1 aliphatic rings. The summed E-state index contributed by atoms with van der Waals surface area (Å²) in [6.45, 7) is 4.80. The summed E-state index contributed by atoms with van der Waals surface area (Å²) in [5, 5.41) is 8.74. The van der Waals surface area contributed by atoms with Crippen molar-refractivity contribution < 1.29 is 18.0 Å². The highest BCUT2D eigenvalue weighted by Gasteiger charge is 2.17. The first-order valence-corrected chi connectivity index (χ1v) is 16.3. The van der Waals surface area contributed by atoms with Crippen LogP contribution in [-0.2, 0) is 9.84 Å². The Balaban J connectivity index is 1.16. The number of carbonyl (C=O) groups excluding carboxylic acids is 2. The fraction of sp³-hybridized carbons (Fsp3) is 0.250. The van der Waals surface area contributed by atoms with Gasteiger partial charge in [0.25, 0.3) is 11.8 Å². The van der Waals surface area contributed by atoms with Gasteiger partial charge in [-0.05, 0) is 100 Å². The molecule has 0 aliphatic carbocycles. The molecule has 0 unspecified atom stereocenters. The van der Waals surface area contributed by atoms with E-state index in [1.165, 1.54) is 37.4 Å². The van der Waals surface area contributed by atoms with Crippen molar-refractivity contribution >= 4 is 56.3 Å². The molecule has 0 spiro atoms. The number of likely N-dealkylation sites (tertiary alicyclic amines) is 1. The smallest absolute Gasteiger partial charge is 0.257 e. The molecule has 228 valence electrons. The highest BCUT2D eigenvalue weighted by molar-refractivity contribution is 7.91. The van der Waals surface area contributed by atoms with Crippen molar-refractivity contribution in [3.05, 3.63) is 101 Å². The van der Waals surface area contributed by atoms with E-state index in [-0.39, 0.29) is 33.1 Å². The molecular weight excluding hydrogens is 600 g/mol. The normalized spacial score (nSPS) is 13.4. The first-order chi connectivity index (χ1) is 21.2. The number of aromatic nitrogens is 2. The number of benzene rings is 3. The minimum atomic E-state index is -3.36. The van der Waals surface area contributed by atoms with Gasteiger partial charge in [-0.15, -0.1) is 0 Å². The molecule has 0 saturated carbocycles. The second-order valence-corrected chi connectivity index (χ2v) is 13.2.